The molecule has 0 spiro atoms. The summed E-state index contributed by atoms with van der Waals surface area (Å²) in [6.07, 6.45) is 5.16. The van der Waals surface area contributed by atoms with Crippen LogP contribution in [0.4, 0.5) is 0 Å². The van der Waals surface area contributed by atoms with Crippen LogP contribution >= 0.6 is 0 Å². The van der Waals surface area contributed by atoms with Gasteiger partial charge >= 0.3 is 5.97 Å². The molecular weight excluding hydrogens is 266 g/mol. The molecule has 0 saturated heterocycles. The molecular formula is C13H25NO4S. The van der Waals surface area contributed by atoms with E-state index in [-0.39, 0.29) is 24.0 Å². The third-order valence-corrected chi connectivity index (χ3v) is 5.53. The van der Waals surface area contributed by atoms with Crippen LogP contribution in [0.25, 0.3) is 0 Å². The van der Waals surface area contributed by atoms with Gasteiger partial charge in [0.2, 0.25) is 0 Å². The van der Waals surface area contributed by atoms with E-state index in [0.29, 0.717) is 19.0 Å². The lowest BCUT2D eigenvalue weighted by atomic mass is 10.2. The molecule has 0 N–H and O–H groups in total. The van der Waals surface area contributed by atoms with Crippen LogP contribution in [0.1, 0.15) is 39.0 Å². The zero-order chi connectivity index (χ0) is 14.3. The number of esters is 1. The summed E-state index contributed by atoms with van der Waals surface area (Å²) in [6.45, 7) is 2.59. The van der Waals surface area contributed by atoms with Crippen molar-refractivity contribution in [3.63, 3.8) is 0 Å². The average Bonchev–Trinajstić information content (AvgIpc) is 2.91. The molecule has 112 valence electrons. The van der Waals surface area contributed by atoms with Crippen LogP contribution in [-0.2, 0) is 19.4 Å². The third-order valence-electron chi connectivity index (χ3n) is 3.74. The van der Waals surface area contributed by atoms with Crippen molar-refractivity contribution in [1.82, 2.24) is 4.90 Å². The lowest BCUT2D eigenvalue weighted by Crippen LogP contribution is -2.39. The van der Waals surface area contributed by atoms with Crippen molar-refractivity contribution < 1.29 is 17.9 Å². The molecule has 0 atom stereocenters. The Kier molecular flexibility index (Phi) is 6.79. The largest absolute Gasteiger partial charge is 0.468 e. The van der Waals surface area contributed by atoms with Crippen molar-refractivity contribution in [3.05, 3.63) is 0 Å². The molecule has 1 aliphatic carbocycles. The Hall–Kier alpha value is -0.620. The van der Waals surface area contributed by atoms with Crippen LogP contribution in [0.2, 0.25) is 0 Å². The quantitative estimate of drug-likeness (QED) is 0.629. The molecule has 1 fully saturated rings. The van der Waals surface area contributed by atoms with Gasteiger partial charge in [0.05, 0.1) is 19.4 Å². The number of carbonyl (C=O) groups is 1. The van der Waals surface area contributed by atoms with Gasteiger partial charge in [-0.25, -0.2) is 8.42 Å². The summed E-state index contributed by atoms with van der Waals surface area (Å²) >= 11 is 0. The first-order chi connectivity index (χ1) is 8.98. The van der Waals surface area contributed by atoms with Gasteiger partial charge in [0.1, 0.15) is 9.84 Å². The number of ether oxygens (including phenoxy) is 1. The van der Waals surface area contributed by atoms with Gasteiger partial charge in [-0.1, -0.05) is 19.8 Å². The van der Waals surface area contributed by atoms with Gasteiger partial charge in [-0.2, -0.15) is 0 Å². The van der Waals surface area contributed by atoms with E-state index in [1.165, 1.54) is 20.0 Å². The van der Waals surface area contributed by atoms with Gasteiger partial charge in [-0.05, 0) is 25.8 Å². The van der Waals surface area contributed by atoms with E-state index in [4.69, 9.17) is 4.74 Å². The zero-order valence-electron chi connectivity index (χ0n) is 11.9. The van der Waals surface area contributed by atoms with E-state index in [9.17, 15) is 13.2 Å². The van der Waals surface area contributed by atoms with E-state index < -0.39 is 9.84 Å². The highest BCUT2D eigenvalue weighted by Gasteiger charge is 2.24. The SMILES string of the molecule is CCS(=O)(=O)CCCN(CC(=O)OC)C1CCCC1. The van der Waals surface area contributed by atoms with Crippen molar-refractivity contribution in [2.75, 3.05) is 31.7 Å². The predicted octanol–water partition coefficient (Wildman–Crippen LogP) is 1.23. The first-order valence-electron chi connectivity index (χ1n) is 6.99. The second-order valence-electron chi connectivity index (χ2n) is 5.07. The molecule has 0 heterocycles. The van der Waals surface area contributed by atoms with Gasteiger partial charge in [0.15, 0.2) is 0 Å². The van der Waals surface area contributed by atoms with Crippen LogP contribution in [0, 0.1) is 0 Å². The summed E-state index contributed by atoms with van der Waals surface area (Å²) < 4.78 is 27.7. The molecule has 1 rings (SSSR count). The maximum atomic E-state index is 11.5. The number of carbonyl (C=O) groups excluding carboxylic acids is 1. The number of methoxy groups -OCH3 is 1. The molecule has 0 aromatic rings. The fraction of sp³-hybridized carbons (Fsp3) is 0.923. The average molecular weight is 291 g/mol. The second-order valence-corrected chi connectivity index (χ2v) is 7.55. The Morgan fingerprint density at radius 2 is 1.95 bits per heavy atom. The fourth-order valence-corrected chi connectivity index (χ4v) is 3.38. The molecule has 1 aliphatic rings. The smallest absolute Gasteiger partial charge is 0.319 e. The Morgan fingerprint density at radius 3 is 2.47 bits per heavy atom. The molecule has 5 nitrogen and oxygen atoms in total. The topological polar surface area (TPSA) is 63.7 Å². The van der Waals surface area contributed by atoms with Crippen LogP contribution in [-0.4, -0.2) is 57.0 Å². The Morgan fingerprint density at radius 1 is 1.32 bits per heavy atom. The summed E-state index contributed by atoms with van der Waals surface area (Å²) in [5.74, 6) is 0.145. The van der Waals surface area contributed by atoms with Crippen molar-refractivity contribution in [3.8, 4) is 0 Å². The van der Waals surface area contributed by atoms with Crippen LogP contribution in [0.3, 0.4) is 0 Å². The number of sulfone groups is 1. The highest BCUT2D eigenvalue weighted by atomic mass is 32.2. The molecule has 0 aromatic carbocycles. The van der Waals surface area contributed by atoms with E-state index >= 15 is 0 Å². The highest BCUT2D eigenvalue weighted by molar-refractivity contribution is 7.91. The highest BCUT2D eigenvalue weighted by Crippen LogP contribution is 2.23. The standard InChI is InChI=1S/C13H25NO4S/c1-3-19(16,17)10-6-9-14(11-13(15)18-2)12-7-4-5-8-12/h12H,3-11H2,1-2H3. The normalized spacial score (nSPS) is 17.0. The van der Waals surface area contributed by atoms with Gasteiger partial charge in [-0.3, -0.25) is 9.69 Å². The third kappa shape index (κ3) is 5.91. The van der Waals surface area contributed by atoms with Crippen molar-refractivity contribution in [2.24, 2.45) is 0 Å². The Labute approximate surface area is 116 Å². The van der Waals surface area contributed by atoms with Gasteiger partial charge in [-0.15, -0.1) is 0 Å². The van der Waals surface area contributed by atoms with E-state index in [1.54, 1.807) is 6.92 Å². The maximum absolute atomic E-state index is 11.5. The van der Waals surface area contributed by atoms with Gasteiger partial charge in [0.25, 0.3) is 0 Å². The molecule has 0 bridgehead atoms. The maximum Gasteiger partial charge on any atom is 0.319 e. The number of hydrogen-bond acceptors (Lipinski definition) is 5. The minimum absolute atomic E-state index is 0.188. The fourth-order valence-electron chi connectivity index (χ4n) is 2.52. The van der Waals surface area contributed by atoms with Crippen molar-refractivity contribution in [1.29, 1.82) is 0 Å². The summed E-state index contributed by atoms with van der Waals surface area (Å²) in [4.78, 5) is 13.5. The molecule has 6 heteroatoms. The first-order valence-corrected chi connectivity index (χ1v) is 8.82. The van der Waals surface area contributed by atoms with E-state index in [1.807, 2.05) is 0 Å². The van der Waals surface area contributed by atoms with Crippen LogP contribution in [0.15, 0.2) is 0 Å². The van der Waals surface area contributed by atoms with Gasteiger partial charge in [0, 0.05) is 11.8 Å². The molecule has 0 unspecified atom stereocenters. The summed E-state index contributed by atoms with van der Waals surface area (Å²) in [6, 6.07) is 0.406. The number of hydrogen-bond donors (Lipinski definition) is 0. The summed E-state index contributed by atoms with van der Waals surface area (Å²) in [7, 11) is -1.53. The van der Waals surface area contributed by atoms with Gasteiger partial charge < -0.3 is 4.74 Å². The zero-order valence-corrected chi connectivity index (χ0v) is 12.7. The molecule has 0 amide bonds. The van der Waals surface area contributed by atoms with Crippen molar-refractivity contribution in [2.45, 2.75) is 45.1 Å². The second kappa shape index (κ2) is 7.85. The molecule has 0 aliphatic heterocycles. The number of rotatable bonds is 8. The summed E-state index contributed by atoms with van der Waals surface area (Å²) in [5.41, 5.74) is 0. The lowest BCUT2D eigenvalue weighted by molar-refractivity contribution is -0.142. The molecule has 19 heavy (non-hydrogen) atoms. The minimum Gasteiger partial charge on any atom is -0.468 e. The molecule has 0 aromatic heterocycles. The van der Waals surface area contributed by atoms with E-state index in [2.05, 4.69) is 4.90 Å². The summed E-state index contributed by atoms with van der Waals surface area (Å²) in [5, 5.41) is 0. The Balaban J connectivity index is 2.47. The van der Waals surface area contributed by atoms with E-state index in [0.717, 1.165) is 12.8 Å². The lowest BCUT2D eigenvalue weighted by Gasteiger charge is -2.27. The van der Waals surface area contributed by atoms with Crippen LogP contribution < -0.4 is 0 Å². The predicted molar refractivity (Wildman–Crippen MR) is 74.8 cm³/mol. The molecule has 0 radical (unpaired) electrons. The minimum atomic E-state index is -2.92. The Bertz CT molecular complexity index is 374. The van der Waals surface area contributed by atoms with Crippen LogP contribution in [0.5, 0.6) is 0 Å². The number of nitrogens with zero attached hydrogens (tertiary/aromatic N) is 1. The first kappa shape index (κ1) is 16.4. The molecule has 1 saturated carbocycles. The monoisotopic (exact) mass is 291 g/mol. The van der Waals surface area contributed by atoms with Crippen molar-refractivity contribution >= 4 is 15.8 Å².